The number of amides is 1. The fourth-order valence-corrected chi connectivity index (χ4v) is 2.14. The number of nitrogen functional groups attached to an aromatic ring is 1. The maximum absolute atomic E-state index is 12.1. The average Bonchev–Trinajstić information content (AvgIpc) is 2.39. The molecule has 19 heavy (non-hydrogen) atoms. The quantitative estimate of drug-likeness (QED) is 0.845. The van der Waals surface area contributed by atoms with Crippen molar-refractivity contribution in [3.63, 3.8) is 0 Å². The van der Waals surface area contributed by atoms with Crippen LogP contribution in [0.1, 0.15) is 22.8 Å². The molecule has 0 saturated carbocycles. The lowest BCUT2D eigenvalue weighted by atomic mass is 10.1. The van der Waals surface area contributed by atoms with Gasteiger partial charge in [-0.05, 0) is 42.3 Å². The summed E-state index contributed by atoms with van der Waals surface area (Å²) in [7, 11) is 0. The predicted molar refractivity (Wildman–Crippen MR) is 82.3 cm³/mol. The first-order valence-electron chi connectivity index (χ1n) is 6.05. The first-order chi connectivity index (χ1) is 9.10. The molecule has 0 heterocycles. The first-order valence-corrected chi connectivity index (χ1v) is 6.84. The van der Waals surface area contributed by atoms with Crippen molar-refractivity contribution in [2.45, 2.75) is 13.3 Å². The number of hydrogen-bond acceptors (Lipinski definition) is 2. The van der Waals surface area contributed by atoms with E-state index in [1.54, 1.807) is 18.2 Å². The Labute approximate surface area is 121 Å². The molecule has 3 nitrogen and oxygen atoms in total. The predicted octanol–water partition coefficient (Wildman–Crippen LogP) is 3.85. The summed E-state index contributed by atoms with van der Waals surface area (Å²) >= 11 is 3.32. The van der Waals surface area contributed by atoms with E-state index in [0.29, 0.717) is 11.3 Å². The molecule has 0 aliphatic rings. The number of anilines is 2. The summed E-state index contributed by atoms with van der Waals surface area (Å²) in [6.45, 7) is 2.09. The van der Waals surface area contributed by atoms with Gasteiger partial charge in [-0.1, -0.05) is 35.0 Å². The Hall–Kier alpha value is -1.81. The van der Waals surface area contributed by atoms with E-state index in [2.05, 4.69) is 28.2 Å². The molecule has 0 radical (unpaired) electrons. The molecule has 0 aromatic heterocycles. The Morgan fingerprint density at radius 2 is 1.89 bits per heavy atom. The van der Waals surface area contributed by atoms with Crippen LogP contribution < -0.4 is 11.1 Å². The lowest BCUT2D eigenvalue weighted by Gasteiger charge is -2.08. The molecule has 1 amide bonds. The molecule has 0 unspecified atom stereocenters. The van der Waals surface area contributed by atoms with Gasteiger partial charge >= 0.3 is 0 Å². The van der Waals surface area contributed by atoms with E-state index in [1.807, 2.05) is 24.3 Å². The zero-order valence-electron chi connectivity index (χ0n) is 10.6. The van der Waals surface area contributed by atoms with E-state index in [0.717, 1.165) is 16.6 Å². The summed E-state index contributed by atoms with van der Waals surface area (Å²) in [5, 5.41) is 2.84. The Balaban J connectivity index is 2.15. The molecule has 0 aliphatic carbocycles. The van der Waals surface area contributed by atoms with Crippen LogP contribution in [0.25, 0.3) is 0 Å². The third-order valence-electron chi connectivity index (χ3n) is 2.88. The highest BCUT2D eigenvalue weighted by molar-refractivity contribution is 9.10. The summed E-state index contributed by atoms with van der Waals surface area (Å²) in [5.74, 6) is -0.200. The van der Waals surface area contributed by atoms with Gasteiger partial charge in [-0.15, -0.1) is 0 Å². The molecule has 0 atom stereocenters. The van der Waals surface area contributed by atoms with E-state index in [-0.39, 0.29) is 5.91 Å². The number of carbonyl (C=O) groups is 1. The Kier molecular flexibility index (Phi) is 4.22. The van der Waals surface area contributed by atoms with Crippen LogP contribution >= 0.6 is 15.9 Å². The van der Waals surface area contributed by atoms with Crippen LogP contribution in [0.3, 0.4) is 0 Å². The molecule has 2 aromatic carbocycles. The Morgan fingerprint density at radius 3 is 2.47 bits per heavy atom. The van der Waals surface area contributed by atoms with Crippen molar-refractivity contribution in [1.29, 1.82) is 0 Å². The molecule has 2 aromatic rings. The maximum atomic E-state index is 12.1. The molecular formula is C15H15BrN2O. The van der Waals surface area contributed by atoms with Crippen LogP contribution in [0.15, 0.2) is 46.9 Å². The molecule has 98 valence electrons. The third-order valence-corrected chi connectivity index (χ3v) is 3.37. The van der Waals surface area contributed by atoms with Gasteiger partial charge in [-0.2, -0.15) is 0 Å². The second kappa shape index (κ2) is 5.89. The molecule has 0 saturated heterocycles. The topological polar surface area (TPSA) is 55.1 Å². The van der Waals surface area contributed by atoms with Crippen molar-refractivity contribution in [3.05, 3.63) is 58.1 Å². The molecular weight excluding hydrogens is 304 g/mol. The molecule has 2 rings (SSSR count). The zero-order chi connectivity index (χ0) is 13.8. The van der Waals surface area contributed by atoms with Gasteiger partial charge in [-0.3, -0.25) is 4.79 Å². The number of aryl methyl sites for hydroxylation is 1. The molecule has 4 heteroatoms. The number of rotatable bonds is 3. The average molecular weight is 319 g/mol. The summed E-state index contributed by atoms with van der Waals surface area (Å²) in [6, 6.07) is 13.0. The largest absolute Gasteiger partial charge is 0.398 e. The number of benzene rings is 2. The van der Waals surface area contributed by atoms with Crippen molar-refractivity contribution in [3.8, 4) is 0 Å². The molecule has 0 aliphatic heterocycles. The van der Waals surface area contributed by atoms with E-state index < -0.39 is 0 Å². The van der Waals surface area contributed by atoms with E-state index in [4.69, 9.17) is 5.73 Å². The van der Waals surface area contributed by atoms with Crippen molar-refractivity contribution in [2.24, 2.45) is 0 Å². The first kappa shape index (κ1) is 13.6. The zero-order valence-corrected chi connectivity index (χ0v) is 12.2. The van der Waals surface area contributed by atoms with Crippen molar-refractivity contribution in [1.82, 2.24) is 0 Å². The molecule has 0 spiro atoms. The number of nitrogens with one attached hydrogen (secondary N) is 1. The van der Waals surface area contributed by atoms with Crippen LogP contribution in [0.2, 0.25) is 0 Å². The molecule has 3 N–H and O–H groups in total. The van der Waals surface area contributed by atoms with Gasteiger partial charge in [0, 0.05) is 15.8 Å². The van der Waals surface area contributed by atoms with E-state index >= 15 is 0 Å². The van der Waals surface area contributed by atoms with Crippen LogP contribution in [-0.4, -0.2) is 5.91 Å². The fourth-order valence-electron chi connectivity index (χ4n) is 1.76. The van der Waals surface area contributed by atoms with Gasteiger partial charge in [0.15, 0.2) is 0 Å². The highest BCUT2D eigenvalue weighted by atomic mass is 79.9. The third kappa shape index (κ3) is 3.35. The Morgan fingerprint density at radius 1 is 1.21 bits per heavy atom. The highest BCUT2D eigenvalue weighted by Crippen LogP contribution is 2.20. The van der Waals surface area contributed by atoms with Crippen LogP contribution in [0.4, 0.5) is 11.4 Å². The lowest BCUT2D eigenvalue weighted by Crippen LogP contribution is -2.13. The highest BCUT2D eigenvalue weighted by Gasteiger charge is 2.10. The second-order valence-corrected chi connectivity index (χ2v) is 5.15. The van der Waals surface area contributed by atoms with Gasteiger partial charge in [0.1, 0.15) is 0 Å². The van der Waals surface area contributed by atoms with Gasteiger partial charge < -0.3 is 11.1 Å². The minimum absolute atomic E-state index is 0.200. The summed E-state index contributed by atoms with van der Waals surface area (Å²) in [4.78, 5) is 12.1. The van der Waals surface area contributed by atoms with Crippen molar-refractivity contribution in [2.75, 3.05) is 11.1 Å². The van der Waals surface area contributed by atoms with Crippen LogP contribution in [0.5, 0.6) is 0 Å². The van der Waals surface area contributed by atoms with Crippen LogP contribution in [0, 0.1) is 0 Å². The van der Waals surface area contributed by atoms with Crippen molar-refractivity contribution >= 4 is 33.2 Å². The summed E-state index contributed by atoms with van der Waals surface area (Å²) < 4.78 is 0.855. The monoisotopic (exact) mass is 318 g/mol. The maximum Gasteiger partial charge on any atom is 0.257 e. The SMILES string of the molecule is CCc1ccc(NC(=O)c2ccc(Br)cc2N)cc1. The van der Waals surface area contributed by atoms with Gasteiger partial charge in [0.2, 0.25) is 0 Å². The molecule has 0 fully saturated rings. The Bertz CT molecular complexity index is 594. The van der Waals surface area contributed by atoms with Crippen LogP contribution in [-0.2, 0) is 6.42 Å². The van der Waals surface area contributed by atoms with Gasteiger partial charge in [0.25, 0.3) is 5.91 Å². The van der Waals surface area contributed by atoms with Crippen molar-refractivity contribution < 1.29 is 4.79 Å². The van der Waals surface area contributed by atoms with Gasteiger partial charge in [0.05, 0.1) is 5.56 Å². The molecule has 0 bridgehead atoms. The minimum atomic E-state index is -0.200. The number of nitrogens with two attached hydrogens (primary N) is 1. The lowest BCUT2D eigenvalue weighted by molar-refractivity contribution is 0.102. The number of carbonyl (C=O) groups excluding carboxylic acids is 1. The normalized spacial score (nSPS) is 10.2. The number of halogens is 1. The standard InChI is InChI=1S/C15H15BrN2O/c1-2-10-3-6-12(7-4-10)18-15(19)13-8-5-11(16)9-14(13)17/h3-9H,2,17H2,1H3,(H,18,19). The van der Waals surface area contributed by atoms with Gasteiger partial charge in [-0.25, -0.2) is 0 Å². The van der Waals surface area contributed by atoms with E-state index in [1.165, 1.54) is 5.56 Å². The smallest absolute Gasteiger partial charge is 0.257 e. The van der Waals surface area contributed by atoms with E-state index in [9.17, 15) is 4.79 Å². The summed E-state index contributed by atoms with van der Waals surface area (Å²) in [6.07, 6.45) is 0.980. The fraction of sp³-hybridized carbons (Fsp3) is 0.133. The second-order valence-electron chi connectivity index (χ2n) is 4.24. The number of hydrogen-bond donors (Lipinski definition) is 2. The summed E-state index contributed by atoms with van der Waals surface area (Å²) in [5.41, 5.74) is 8.77. The minimum Gasteiger partial charge on any atom is -0.398 e.